The normalized spacial score (nSPS) is 12.7. The van der Waals surface area contributed by atoms with E-state index in [4.69, 9.17) is 0 Å². The number of anilines is 3. The van der Waals surface area contributed by atoms with Gasteiger partial charge in [-0.3, -0.25) is 0 Å². The lowest BCUT2D eigenvalue weighted by Crippen LogP contribution is -2.17. The van der Waals surface area contributed by atoms with Crippen molar-refractivity contribution in [2.75, 3.05) is 4.90 Å². The second kappa shape index (κ2) is 14.4. The van der Waals surface area contributed by atoms with Crippen LogP contribution in [0.2, 0.25) is 0 Å². The lowest BCUT2D eigenvalue weighted by atomic mass is 9.82. The zero-order valence-electron chi connectivity index (χ0n) is 35.0. The first-order chi connectivity index (χ1) is 29.8. The summed E-state index contributed by atoms with van der Waals surface area (Å²) >= 11 is 0. The van der Waals surface area contributed by atoms with Crippen LogP contribution in [0.1, 0.15) is 36.1 Å². The number of hydrogen-bond donors (Lipinski definition) is 0. The van der Waals surface area contributed by atoms with Gasteiger partial charge in [-0.15, -0.1) is 0 Å². The average molecular weight is 783 g/mol. The first kappa shape index (κ1) is 36.6. The van der Waals surface area contributed by atoms with Gasteiger partial charge in [0.25, 0.3) is 0 Å². The molecule has 0 atom stereocenters. The van der Waals surface area contributed by atoms with Crippen molar-refractivity contribution in [1.82, 2.24) is 4.57 Å². The molecule has 61 heavy (non-hydrogen) atoms. The molecule has 0 saturated carbocycles. The van der Waals surface area contributed by atoms with Gasteiger partial charge in [0.1, 0.15) is 0 Å². The maximum atomic E-state index is 2.52. The van der Waals surface area contributed by atoms with Crippen molar-refractivity contribution in [1.29, 1.82) is 0 Å². The summed E-state index contributed by atoms with van der Waals surface area (Å²) < 4.78 is 2.42. The molecule has 1 aliphatic rings. The lowest BCUT2D eigenvalue weighted by molar-refractivity contribution is 0.660. The van der Waals surface area contributed by atoms with Gasteiger partial charge in [-0.05, 0) is 130 Å². The molecule has 9 aromatic carbocycles. The molecule has 2 nitrogen and oxygen atoms in total. The van der Waals surface area contributed by atoms with E-state index in [1.165, 1.54) is 88.6 Å². The van der Waals surface area contributed by atoms with Crippen molar-refractivity contribution in [3.05, 3.63) is 229 Å². The van der Waals surface area contributed by atoms with Gasteiger partial charge in [0.05, 0.1) is 16.7 Å². The monoisotopic (exact) mass is 782 g/mol. The first-order valence-corrected chi connectivity index (χ1v) is 21.3. The van der Waals surface area contributed by atoms with E-state index < -0.39 is 0 Å². The van der Waals surface area contributed by atoms with E-state index in [1.807, 2.05) is 0 Å². The molecular weight excluding hydrogens is 737 g/mol. The zero-order valence-corrected chi connectivity index (χ0v) is 35.0. The molecule has 2 heteroatoms. The number of hydrogen-bond acceptors (Lipinski definition) is 1. The lowest BCUT2D eigenvalue weighted by Gasteiger charge is -2.32. The van der Waals surface area contributed by atoms with Crippen LogP contribution >= 0.6 is 0 Å². The minimum Gasteiger partial charge on any atom is -0.310 e. The summed E-state index contributed by atoms with van der Waals surface area (Å²) in [5.41, 5.74) is 21.9. The number of benzene rings is 9. The van der Waals surface area contributed by atoms with E-state index in [0.717, 1.165) is 22.7 Å². The van der Waals surface area contributed by atoms with Crippen LogP contribution in [0.3, 0.4) is 0 Å². The maximum absolute atomic E-state index is 2.52. The highest BCUT2D eigenvalue weighted by atomic mass is 15.1. The molecular formula is C59H46N2. The van der Waals surface area contributed by atoms with Crippen LogP contribution in [0.15, 0.2) is 206 Å². The molecule has 10 aromatic rings. The Kier molecular flexibility index (Phi) is 8.65. The van der Waals surface area contributed by atoms with Gasteiger partial charge >= 0.3 is 0 Å². The van der Waals surface area contributed by atoms with Gasteiger partial charge in [0, 0.05) is 38.8 Å². The Balaban J connectivity index is 1.13. The van der Waals surface area contributed by atoms with E-state index in [0.29, 0.717) is 0 Å². The van der Waals surface area contributed by atoms with Crippen LogP contribution < -0.4 is 4.90 Å². The van der Waals surface area contributed by atoms with Crippen LogP contribution in [-0.2, 0) is 5.41 Å². The fourth-order valence-electron chi connectivity index (χ4n) is 9.97. The first-order valence-electron chi connectivity index (χ1n) is 21.3. The Bertz CT molecular complexity index is 3230. The number of nitrogens with zero attached hydrogens (tertiary/aromatic N) is 2. The van der Waals surface area contributed by atoms with Crippen LogP contribution in [0.25, 0.3) is 72.0 Å². The van der Waals surface area contributed by atoms with Gasteiger partial charge in [-0.25, -0.2) is 0 Å². The number of aryl methyl sites for hydroxylation is 2. The molecule has 0 fully saturated rings. The van der Waals surface area contributed by atoms with E-state index in [1.54, 1.807) is 0 Å². The average Bonchev–Trinajstić information content (AvgIpc) is 3.76. The number of rotatable bonds is 7. The van der Waals surface area contributed by atoms with Gasteiger partial charge < -0.3 is 9.47 Å². The van der Waals surface area contributed by atoms with E-state index in [9.17, 15) is 0 Å². The summed E-state index contributed by atoms with van der Waals surface area (Å²) in [6.07, 6.45) is 0. The Labute approximate surface area is 358 Å². The van der Waals surface area contributed by atoms with E-state index >= 15 is 0 Å². The SMILES string of the molecule is Cc1cc(N(c2ccc3c(c2)C(C)(C)c2ccccc2-3)c2ccc(-n3c4ccccc4c4ccccc43)cc2-c2ccccc2)c(C)cc1-c1ccc(-c2ccccc2)cc1. The summed E-state index contributed by atoms with van der Waals surface area (Å²) in [7, 11) is 0. The minimum atomic E-state index is -0.142. The van der Waals surface area contributed by atoms with Crippen molar-refractivity contribution in [3.8, 4) is 50.2 Å². The standard InChI is InChI=1S/C59H46N2/c1-39-36-58(40(2)35-51(39)44-29-27-42(28-30-44)41-17-7-5-8-18-41)61(46-31-33-48-47-21-11-14-24-53(47)59(3,4)54(48)38-46)57-34-32-45(37-52(57)43-19-9-6-10-20-43)60-55-25-15-12-22-49(55)50-23-13-16-26-56(50)60/h5-38H,1-4H3. The summed E-state index contributed by atoms with van der Waals surface area (Å²) in [6, 6.07) is 76.0. The molecule has 0 spiro atoms. The Morgan fingerprint density at radius 3 is 1.64 bits per heavy atom. The van der Waals surface area contributed by atoms with Gasteiger partial charge in [0.2, 0.25) is 0 Å². The highest BCUT2D eigenvalue weighted by Crippen LogP contribution is 2.52. The van der Waals surface area contributed by atoms with Crippen molar-refractivity contribution in [2.45, 2.75) is 33.1 Å². The molecule has 0 bridgehead atoms. The Morgan fingerprint density at radius 1 is 0.377 bits per heavy atom. The Hall–Kier alpha value is -7.42. The third kappa shape index (κ3) is 6.01. The second-order valence-electron chi connectivity index (χ2n) is 17.1. The number of para-hydroxylation sites is 2. The largest absolute Gasteiger partial charge is 0.310 e. The number of fused-ring (bicyclic) bond motifs is 6. The molecule has 292 valence electrons. The third-order valence-electron chi connectivity index (χ3n) is 13.1. The molecule has 0 aliphatic heterocycles. The van der Waals surface area contributed by atoms with Crippen LogP contribution in [-0.4, -0.2) is 4.57 Å². The fraction of sp³-hybridized carbons (Fsp3) is 0.0847. The molecule has 0 radical (unpaired) electrons. The second-order valence-corrected chi connectivity index (χ2v) is 17.1. The van der Waals surface area contributed by atoms with E-state index in [-0.39, 0.29) is 5.41 Å². The topological polar surface area (TPSA) is 8.17 Å². The van der Waals surface area contributed by atoms with Crippen molar-refractivity contribution in [2.24, 2.45) is 0 Å². The molecule has 1 aliphatic carbocycles. The predicted molar refractivity (Wildman–Crippen MR) is 259 cm³/mol. The predicted octanol–water partition coefficient (Wildman–Crippen LogP) is 16.2. The minimum absolute atomic E-state index is 0.142. The van der Waals surface area contributed by atoms with Crippen molar-refractivity contribution < 1.29 is 0 Å². The maximum Gasteiger partial charge on any atom is 0.0541 e. The highest BCUT2D eigenvalue weighted by Gasteiger charge is 2.36. The molecule has 0 saturated heterocycles. The van der Waals surface area contributed by atoms with Gasteiger partial charge in [0.15, 0.2) is 0 Å². The summed E-state index contributed by atoms with van der Waals surface area (Å²) in [4.78, 5) is 2.52. The third-order valence-corrected chi connectivity index (χ3v) is 13.1. The van der Waals surface area contributed by atoms with Crippen molar-refractivity contribution in [3.63, 3.8) is 0 Å². The van der Waals surface area contributed by atoms with Crippen molar-refractivity contribution >= 4 is 38.9 Å². The molecule has 1 aromatic heterocycles. The molecule has 0 N–H and O–H groups in total. The number of aromatic nitrogens is 1. The molecule has 0 unspecified atom stereocenters. The van der Waals surface area contributed by atoms with Gasteiger partial charge in [-0.1, -0.05) is 166 Å². The van der Waals surface area contributed by atoms with Crippen LogP contribution in [0, 0.1) is 13.8 Å². The summed E-state index contributed by atoms with van der Waals surface area (Å²) in [5.74, 6) is 0. The quantitative estimate of drug-likeness (QED) is 0.156. The Morgan fingerprint density at radius 2 is 0.934 bits per heavy atom. The molecule has 0 amide bonds. The molecule has 11 rings (SSSR count). The zero-order chi connectivity index (χ0) is 41.2. The van der Waals surface area contributed by atoms with Gasteiger partial charge in [-0.2, -0.15) is 0 Å². The summed E-state index contributed by atoms with van der Waals surface area (Å²) in [6.45, 7) is 9.27. The highest BCUT2D eigenvalue weighted by molar-refractivity contribution is 6.09. The van der Waals surface area contributed by atoms with Crippen LogP contribution in [0.5, 0.6) is 0 Å². The van der Waals surface area contributed by atoms with Crippen LogP contribution in [0.4, 0.5) is 17.1 Å². The smallest absolute Gasteiger partial charge is 0.0541 e. The van der Waals surface area contributed by atoms with E-state index in [2.05, 4.69) is 243 Å². The summed E-state index contributed by atoms with van der Waals surface area (Å²) in [5, 5.41) is 2.51. The fourth-order valence-corrected chi connectivity index (χ4v) is 9.97. The molecule has 1 heterocycles.